The minimum atomic E-state index is -0.359. The summed E-state index contributed by atoms with van der Waals surface area (Å²) in [6.07, 6.45) is 6.38. The number of allylic oxidation sites excluding steroid dienone is 1. The molecule has 0 heterocycles. The maximum Gasteiger partial charge on any atom is 0.0844 e. The second-order valence-electron chi connectivity index (χ2n) is 4.19. The Balaban J connectivity index is 1.85. The normalized spacial score (nSPS) is 25.3. The van der Waals surface area contributed by atoms with Crippen LogP contribution in [-0.4, -0.2) is 17.3 Å². The van der Waals surface area contributed by atoms with Crippen molar-refractivity contribution in [3.63, 3.8) is 0 Å². The zero-order valence-corrected chi connectivity index (χ0v) is 9.38. The third-order valence-corrected chi connectivity index (χ3v) is 2.90. The average molecular weight is 218 g/mol. The number of hydrogen-bond acceptors (Lipinski definition) is 2. The van der Waals surface area contributed by atoms with Gasteiger partial charge in [0.05, 0.1) is 18.8 Å². The minimum absolute atomic E-state index is 0.0322. The summed E-state index contributed by atoms with van der Waals surface area (Å²) in [4.78, 5) is 0. The number of aliphatic hydroxyl groups is 1. The lowest BCUT2D eigenvalue weighted by Gasteiger charge is -2.20. The fraction of sp³-hybridized carbons (Fsp3) is 0.429. The summed E-state index contributed by atoms with van der Waals surface area (Å²) >= 11 is 0. The maximum absolute atomic E-state index is 9.85. The molecule has 1 aromatic carbocycles. The Bertz CT molecular complexity index is 332. The Morgan fingerprint density at radius 3 is 2.81 bits per heavy atom. The molecule has 0 saturated heterocycles. The predicted molar refractivity (Wildman–Crippen MR) is 64.0 cm³/mol. The molecule has 0 saturated carbocycles. The highest BCUT2D eigenvalue weighted by Gasteiger charge is 2.19. The monoisotopic (exact) mass is 218 g/mol. The lowest BCUT2D eigenvalue weighted by molar-refractivity contribution is -0.0461. The maximum atomic E-state index is 9.85. The van der Waals surface area contributed by atoms with Gasteiger partial charge in [0, 0.05) is 0 Å². The first-order chi connectivity index (χ1) is 7.86. The summed E-state index contributed by atoms with van der Waals surface area (Å²) in [6.45, 7) is 0.586. The van der Waals surface area contributed by atoms with Crippen LogP contribution in [0.1, 0.15) is 24.8 Å². The van der Waals surface area contributed by atoms with Crippen molar-refractivity contribution in [3.05, 3.63) is 48.0 Å². The SMILES string of the molecule is O[C@@H]1CC=CCC[C@H]1OCc1ccccc1. The van der Waals surface area contributed by atoms with E-state index in [1.54, 1.807) is 0 Å². The van der Waals surface area contributed by atoms with Gasteiger partial charge < -0.3 is 9.84 Å². The third-order valence-electron chi connectivity index (χ3n) is 2.90. The summed E-state index contributed by atoms with van der Waals surface area (Å²) in [5.41, 5.74) is 1.16. The zero-order valence-electron chi connectivity index (χ0n) is 9.38. The van der Waals surface area contributed by atoms with Gasteiger partial charge in [-0.1, -0.05) is 42.5 Å². The van der Waals surface area contributed by atoms with Crippen LogP contribution in [0.3, 0.4) is 0 Å². The second kappa shape index (κ2) is 5.83. The molecule has 1 aromatic rings. The topological polar surface area (TPSA) is 29.5 Å². The number of aliphatic hydroxyl groups excluding tert-OH is 1. The van der Waals surface area contributed by atoms with E-state index in [1.165, 1.54) is 0 Å². The van der Waals surface area contributed by atoms with E-state index in [0.29, 0.717) is 13.0 Å². The number of rotatable bonds is 3. The van der Waals surface area contributed by atoms with Crippen molar-refractivity contribution in [2.45, 2.75) is 38.1 Å². The number of benzene rings is 1. The molecule has 0 spiro atoms. The van der Waals surface area contributed by atoms with Crippen molar-refractivity contribution in [3.8, 4) is 0 Å². The van der Waals surface area contributed by atoms with Crippen LogP contribution in [0.4, 0.5) is 0 Å². The first-order valence-electron chi connectivity index (χ1n) is 5.85. The number of hydrogen-bond donors (Lipinski definition) is 1. The fourth-order valence-electron chi connectivity index (χ4n) is 1.93. The Hall–Kier alpha value is -1.12. The van der Waals surface area contributed by atoms with Crippen LogP contribution < -0.4 is 0 Å². The lowest BCUT2D eigenvalue weighted by Crippen LogP contribution is -2.27. The molecule has 0 bridgehead atoms. The molecule has 0 aromatic heterocycles. The van der Waals surface area contributed by atoms with Crippen LogP contribution in [0.2, 0.25) is 0 Å². The highest BCUT2D eigenvalue weighted by Crippen LogP contribution is 2.17. The van der Waals surface area contributed by atoms with Crippen molar-refractivity contribution in [1.82, 2.24) is 0 Å². The third kappa shape index (κ3) is 3.19. The van der Waals surface area contributed by atoms with Gasteiger partial charge in [-0.15, -0.1) is 0 Å². The van der Waals surface area contributed by atoms with Gasteiger partial charge in [0.15, 0.2) is 0 Å². The van der Waals surface area contributed by atoms with Crippen molar-refractivity contribution in [1.29, 1.82) is 0 Å². The summed E-state index contributed by atoms with van der Waals surface area (Å²) in [5, 5.41) is 9.85. The molecular weight excluding hydrogens is 200 g/mol. The predicted octanol–water partition coefficient (Wildman–Crippen LogP) is 2.67. The van der Waals surface area contributed by atoms with E-state index in [9.17, 15) is 5.11 Å². The van der Waals surface area contributed by atoms with Gasteiger partial charge in [-0.2, -0.15) is 0 Å². The highest BCUT2D eigenvalue weighted by atomic mass is 16.5. The average Bonchev–Trinajstić information content (AvgIpc) is 2.53. The van der Waals surface area contributed by atoms with E-state index in [1.807, 2.05) is 36.4 Å². The smallest absolute Gasteiger partial charge is 0.0844 e. The molecule has 0 aliphatic heterocycles. The van der Waals surface area contributed by atoms with Crippen LogP contribution in [0, 0.1) is 0 Å². The first-order valence-corrected chi connectivity index (χ1v) is 5.85. The number of ether oxygens (including phenoxy) is 1. The standard InChI is InChI=1S/C14H18O2/c15-13-9-5-2-6-10-14(13)16-11-12-7-3-1-4-8-12/h1-5,7-8,13-15H,6,9-11H2/t13-,14-/m1/s1. The molecule has 1 aliphatic carbocycles. The van der Waals surface area contributed by atoms with Crippen molar-refractivity contribution < 1.29 is 9.84 Å². The highest BCUT2D eigenvalue weighted by molar-refractivity contribution is 5.13. The van der Waals surface area contributed by atoms with E-state index in [0.717, 1.165) is 18.4 Å². The molecule has 0 unspecified atom stereocenters. The van der Waals surface area contributed by atoms with Gasteiger partial charge in [0.25, 0.3) is 0 Å². The fourth-order valence-corrected chi connectivity index (χ4v) is 1.93. The first kappa shape index (κ1) is 11.4. The van der Waals surface area contributed by atoms with Gasteiger partial charge in [0.1, 0.15) is 0 Å². The van der Waals surface area contributed by atoms with Crippen molar-refractivity contribution in [2.24, 2.45) is 0 Å². The summed E-state index contributed by atoms with van der Waals surface area (Å²) in [6, 6.07) is 10.1. The van der Waals surface area contributed by atoms with E-state index >= 15 is 0 Å². The molecule has 0 radical (unpaired) electrons. The molecule has 86 valence electrons. The van der Waals surface area contributed by atoms with Crippen molar-refractivity contribution >= 4 is 0 Å². The van der Waals surface area contributed by atoms with E-state index < -0.39 is 0 Å². The summed E-state index contributed by atoms with van der Waals surface area (Å²) < 4.78 is 5.77. The van der Waals surface area contributed by atoms with Gasteiger partial charge in [-0.25, -0.2) is 0 Å². The Kier molecular flexibility index (Phi) is 4.14. The molecule has 2 nitrogen and oxygen atoms in total. The van der Waals surface area contributed by atoms with Gasteiger partial charge >= 0.3 is 0 Å². The van der Waals surface area contributed by atoms with Gasteiger partial charge in [-0.05, 0) is 24.8 Å². The second-order valence-corrected chi connectivity index (χ2v) is 4.19. The van der Waals surface area contributed by atoms with E-state index in [-0.39, 0.29) is 12.2 Å². The molecule has 2 rings (SSSR count). The zero-order chi connectivity index (χ0) is 11.2. The van der Waals surface area contributed by atoms with E-state index in [2.05, 4.69) is 6.08 Å². The van der Waals surface area contributed by atoms with Crippen LogP contribution in [0.15, 0.2) is 42.5 Å². The largest absolute Gasteiger partial charge is 0.390 e. The molecule has 2 heteroatoms. The van der Waals surface area contributed by atoms with Crippen LogP contribution in [0.25, 0.3) is 0 Å². The van der Waals surface area contributed by atoms with Crippen LogP contribution in [-0.2, 0) is 11.3 Å². The van der Waals surface area contributed by atoms with E-state index in [4.69, 9.17) is 4.74 Å². The lowest BCUT2D eigenvalue weighted by atomic mass is 10.1. The Labute approximate surface area is 96.6 Å². The molecular formula is C14H18O2. The molecule has 16 heavy (non-hydrogen) atoms. The molecule has 2 atom stereocenters. The molecule has 1 N–H and O–H groups in total. The summed E-state index contributed by atoms with van der Waals surface area (Å²) in [5.74, 6) is 0. The Morgan fingerprint density at radius 1 is 1.19 bits per heavy atom. The molecule has 0 fully saturated rings. The van der Waals surface area contributed by atoms with Gasteiger partial charge in [0.2, 0.25) is 0 Å². The minimum Gasteiger partial charge on any atom is -0.390 e. The Morgan fingerprint density at radius 2 is 2.00 bits per heavy atom. The molecule has 0 amide bonds. The molecule has 1 aliphatic rings. The summed E-state index contributed by atoms with van der Waals surface area (Å²) in [7, 11) is 0. The quantitative estimate of drug-likeness (QED) is 0.790. The van der Waals surface area contributed by atoms with Crippen LogP contribution >= 0.6 is 0 Å². The van der Waals surface area contributed by atoms with Crippen molar-refractivity contribution in [2.75, 3.05) is 0 Å². The van der Waals surface area contributed by atoms with Gasteiger partial charge in [-0.3, -0.25) is 0 Å². The van der Waals surface area contributed by atoms with Crippen LogP contribution in [0.5, 0.6) is 0 Å².